The maximum Gasteiger partial charge on any atom is 0.435 e. The van der Waals surface area contributed by atoms with Gasteiger partial charge in [-0.15, -0.1) is 0 Å². The Kier molecular flexibility index (Phi) is 13.2. The molecule has 2 aliphatic rings. The fourth-order valence-corrected chi connectivity index (χ4v) is 8.12. The lowest BCUT2D eigenvalue weighted by molar-refractivity contribution is -0.142. The first-order valence-corrected chi connectivity index (χ1v) is 22.1. The fourth-order valence-electron chi connectivity index (χ4n) is 7.76. The molecule has 10 rings (SSSR count). The molecule has 0 spiro atoms. The van der Waals surface area contributed by atoms with Gasteiger partial charge in [-0.25, -0.2) is 28.1 Å². The molecule has 0 saturated heterocycles. The third-order valence-corrected chi connectivity index (χ3v) is 12.1. The van der Waals surface area contributed by atoms with Crippen molar-refractivity contribution in [2.75, 3.05) is 10.6 Å². The highest BCUT2D eigenvalue weighted by atomic mass is 35.5. The minimum atomic E-state index is -4.65. The number of nitrogens with one attached hydrogen (secondary N) is 2. The normalized spacial score (nSPS) is 17.1. The van der Waals surface area contributed by atoms with Gasteiger partial charge >= 0.3 is 24.3 Å². The maximum absolute atomic E-state index is 13.5. The zero-order valence-corrected chi connectivity index (χ0v) is 37.9. The van der Waals surface area contributed by atoms with E-state index in [1.54, 1.807) is 36.4 Å². The fraction of sp³-hybridized carbons (Fsp3) is 0.167. The van der Waals surface area contributed by atoms with Crippen molar-refractivity contribution < 1.29 is 54.9 Å². The summed E-state index contributed by atoms with van der Waals surface area (Å²) < 4.78 is 108. The molecular formula is C48H32Cl2F8N10O4. The Morgan fingerprint density at radius 1 is 0.583 bits per heavy atom. The van der Waals surface area contributed by atoms with Gasteiger partial charge in [-0.2, -0.15) is 46.5 Å². The zero-order valence-electron chi connectivity index (χ0n) is 36.3. The van der Waals surface area contributed by atoms with E-state index in [0.29, 0.717) is 46.5 Å². The molecule has 368 valence electrons. The third kappa shape index (κ3) is 10.8. The largest absolute Gasteiger partial charge is 0.481 e. The van der Waals surface area contributed by atoms with Crippen molar-refractivity contribution in [1.82, 2.24) is 39.5 Å². The molecule has 0 aliphatic heterocycles. The number of aromatic nitrogens is 8. The van der Waals surface area contributed by atoms with Gasteiger partial charge in [0.25, 0.3) is 0 Å². The first kappa shape index (κ1) is 49.0. The van der Waals surface area contributed by atoms with Crippen LogP contribution < -0.4 is 10.6 Å². The number of nitrogens with zero attached hydrogens (tertiary/aromatic N) is 8. The van der Waals surface area contributed by atoms with Crippen LogP contribution in [0.3, 0.4) is 0 Å². The zero-order chi connectivity index (χ0) is 51.2. The van der Waals surface area contributed by atoms with Crippen molar-refractivity contribution >= 4 is 58.4 Å². The monoisotopic (exact) mass is 1030 g/mol. The molecule has 14 nitrogen and oxygen atoms in total. The molecule has 8 aromatic rings. The average Bonchev–Trinajstić information content (AvgIpc) is 4.21. The number of hydrogen-bond donors (Lipinski definition) is 4. The Bertz CT molecular complexity index is 3170. The van der Waals surface area contributed by atoms with E-state index in [4.69, 9.17) is 23.2 Å². The highest BCUT2D eigenvalue weighted by Gasteiger charge is 2.45. The van der Waals surface area contributed by atoms with Gasteiger partial charge in [0, 0.05) is 47.3 Å². The van der Waals surface area contributed by atoms with Gasteiger partial charge in [-0.3, -0.25) is 9.59 Å². The second-order valence-electron chi connectivity index (χ2n) is 16.5. The van der Waals surface area contributed by atoms with Crippen LogP contribution in [-0.2, 0) is 21.9 Å². The quantitative estimate of drug-likeness (QED) is 0.0850. The molecule has 2 saturated carbocycles. The number of alkyl halides is 6. The summed E-state index contributed by atoms with van der Waals surface area (Å²) in [4.78, 5) is 39.9. The number of aliphatic carboxylic acids is 2. The van der Waals surface area contributed by atoms with E-state index in [9.17, 15) is 54.9 Å². The molecule has 2 unspecified atom stereocenters. The first-order valence-electron chi connectivity index (χ1n) is 21.3. The molecule has 4 aromatic heterocycles. The number of halogens is 10. The van der Waals surface area contributed by atoms with Gasteiger partial charge in [0.05, 0.1) is 21.9 Å². The van der Waals surface area contributed by atoms with E-state index in [-0.39, 0.29) is 45.4 Å². The number of carboxylic acid groups (broad SMARTS) is 2. The van der Waals surface area contributed by atoms with Gasteiger partial charge in [-0.05, 0) is 95.5 Å². The van der Waals surface area contributed by atoms with Crippen LogP contribution in [0.1, 0.15) is 47.2 Å². The van der Waals surface area contributed by atoms with Crippen LogP contribution in [0.2, 0.25) is 10.0 Å². The van der Waals surface area contributed by atoms with Crippen LogP contribution in [0, 0.1) is 23.5 Å². The SMILES string of the molecule is O=C(O)[C@@H]1CC1c1cccc(-c2cnc(Nc3ccc(F)c(Cl)c3)nc2-n2ccc(C(F)(F)F)n2)c1.O=C(O)[C@H]1CC1c1cccc(-c2cnc(Nc3ccc(F)c(Cl)c3)nc2-n2ccc(C(F)(F)F)n2)c1. The third-order valence-electron chi connectivity index (χ3n) is 11.5. The van der Waals surface area contributed by atoms with Crippen LogP contribution in [0.5, 0.6) is 0 Å². The molecule has 4 N–H and O–H groups in total. The molecular weight excluding hydrogens is 1000 g/mol. The minimum Gasteiger partial charge on any atom is -0.481 e. The Balaban J connectivity index is 0.000000178. The van der Waals surface area contributed by atoms with Gasteiger partial charge in [0.1, 0.15) is 11.6 Å². The standard InChI is InChI=1S/2C24H16ClF4N5O2/c2*25-18-9-14(4-5-19(18)26)31-23-30-11-17(21(32-23)34-7-6-20(33-34)24(27,28)29)13-3-1-2-12(8-13)15-10-16(15)22(35)36/h2*1-9,11,15-16H,10H2,(H,35,36)(H,30,31,32)/t2*15?,16-/m10/s1. The van der Waals surface area contributed by atoms with E-state index in [1.807, 2.05) is 12.1 Å². The molecule has 2 aliphatic carbocycles. The minimum absolute atomic E-state index is 0.0183. The highest BCUT2D eigenvalue weighted by molar-refractivity contribution is 6.31. The van der Waals surface area contributed by atoms with E-state index in [0.717, 1.165) is 57.1 Å². The lowest BCUT2D eigenvalue weighted by atomic mass is 10.0. The van der Waals surface area contributed by atoms with Crippen LogP contribution >= 0.6 is 23.2 Å². The van der Waals surface area contributed by atoms with E-state index < -0.39 is 59.1 Å². The van der Waals surface area contributed by atoms with Crippen LogP contribution in [-0.4, -0.2) is 61.6 Å². The summed E-state index contributed by atoms with van der Waals surface area (Å²) in [5.74, 6) is -4.05. The number of benzene rings is 4. The van der Waals surface area contributed by atoms with Gasteiger partial charge in [0.2, 0.25) is 11.9 Å². The molecule has 0 amide bonds. The van der Waals surface area contributed by atoms with Crippen molar-refractivity contribution in [1.29, 1.82) is 0 Å². The Morgan fingerprint density at radius 2 is 0.986 bits per heavy atom. The summed E-state index contributed by atoms with van der Waals surface area (Å²) in [6.45, 7) is 0. The van der Waals surface area contributed by atoms with Crippen molar-refractivity contribution in [3.8, 4) is 33.9 Å². The van der Waals surface area contributed by atoms with Gasteiger partial charge < -0.3 is 20.8 Å². The van der Waals surface area contributed by atoms with E-state index in [1.165, 1.54) is 36.7 Å². The molecule has 4 heterocycles. The molecule has 72 heavy (non-hydrogen) atoms. The number of carbonyl (C=O) groups is 2. The Morgan fingerprint density at radius 3 is 1.32 bits per heavy atom. The lowest BCUT2D eigenvalue weighted by Crippen LogP contribution is -2.10. The Labute approximate surface area is 411 Å². The Hall–Kier alpha value is -7.98. The summed E-state index contributed by atoms with van der Waals surface area (Å²) in [6, 6.07) is 23.5. The molecule has 4 aromatic carbocycles. The second-order valence-corrected chi connectivity index (χ2v) is 17.3. The van der Waals surface area contributed by atoms with Crippen molar-refractivity contribution in [2.45, 2.75) is 37.0 Å². The van der Waals surface area contributed by atoms with Gasteiger partial charge in [0.15, 0.2) is 23.0 Å². The second kappa shape index (κ2) is 19.3. The molecule has 0 radical (unpaired) electrons. The smallest absolute Gasteiger partial charge is 0.435 e. The van der Waals surface area contributed by atoms with Crippen molar-refractivity contribution in [2.24, 2.45) is 11.8 Å². The van der Waals surface area contributed by atoms with Crippen molar-refractivity contribution in [3.63, 3.8) is 0 Å². The summed E-state index contributed by atoms with van der Waals surface area (Å²) in [7, 11) is 0. The summed E-state index contributed by atoms with van der Waals surface area (Å²) in [6.07, 6.45) is -3.16. The number of rotatable bonds is 12. The molecule has 4 atom stereocenters. The maximum atomic E-state index is 13.5. The van der Waals surface area contributed by atoms with Crippen LogP contribution in [0.25, 0.3) is 33.9 Å². The van der Waals surface area contributed by atoms with Crippen molar-refractivity contribution in [3.05, 3.63) is 166 Å². The summed E-state index contributed by atoms with van der Waals surface area (Å²) in [5, 5.41) is 31.2. The topological polar surface area (TPSA) is 186 Å². The highest BCUT2D eigenvalue weighted by Crippen LogP contribution is 2.49. The number of anilines is 4. The summed E-state index contributed by atoms with van der Waals surface area (Å²) in [5.41, 5.74) is 2.06. The molecule has 2 fully saturated rings. The van der Waals surface area contributed by atoms with Crippen LogP contribution in [0.15, 0.2) is 122 Å². The number of carboxylic acids is 2. The van der Waals surface area contributed by atoms with Gasteiger partial charge in [-0.1, -0.05) is 71.7 Å². The first-order chi connectivity index (χ1) is 34.2. The molecule has 0 bridgehead atoms. The predicted molar refractivity (Wildman–Crippen MR) is 246 cm³/mol. The predicted octanol–water partition coefficient (Wildman–Crippen LogP) is 12.1. The average molecular weight is 1040 g/mol. The van der Waals surface area contributed by atoms with E-state index >= 15 is 0 Å². The van der Waals surface area contributed by atoms with Crippen LogP contribution in [0.4, 0.5) is 58.4 Å². The summed E-state index contributed by atoms with van der Waals surface area (Å²) >= 11 is 11.6. The lowest BCUT2D eigenvalue weighted by Gasteiger charge is -2.13. The van der Waals surface area contributed by atoms with E-state index in [2.05, 4.69) is 40.8 Å². The molecule has 24 heteroatoms. The number of hydrogen-bond acceptors (Lipinski definition) is 10.